The number of hydrogen-bond acceptors (Lipinski definition) is 2. The van der Waals surface area contributed by atoms with Gasteiger partial charge < -0.3 is 5.11 Å². The van der Waals surface area contributed by atoms with E-state index in [1.165, 1.54) is 0 Å². The molecule has 1 aromatic carbocycles. The molecule has 0 spiro atoms. The number of aliphatic hydroxyl groups is 1. The fourth-order valence-corrected chi connectivity index (χ4v) is 3.21. The highest BCUT2D eigenvalue weighted by Gasteiger charge is 2.34. The van der Waals surface area contributed by atoms with Gasteiger partial charge in [-0.15, -0.1) is 0 Å². The minimum atomic E-state index is -1.05. The van der Waals surface area contributed by atoms with Gasteiger partial charge in [0.1, 0.15) is 5.60 Å². The number of aryl methyl sites for hydroxylation is 1. The van der Waals surface area contributed by atoms with Crippen LogP contribution < -0.4 is 0 Å². The Balaban J connectivity index is 2.62. The first-order valence-corrected chi connectivity index (χ1v) is 7.24. The molecule has 0 radical (unpaired) electrons. The lowest BCUT2D eigenvalue weighted by Gasteiger charge is -2.28. The minimum Gasteiger partial charge on any atom is -0.379 e. The van der Waals surface area contributed by atoms with Crippen molar-refractivity contribution >= 4 is 31.9 Å². The van der Waals surface area contributed by atoms with Crippen LogP contribution in [-0.2, 0) is 12.6 Å². The highest BCUT2D eigenvalue weighted by atomic mass is 79.9. The van der Waals surface area contributed by atoms with Crippen LogP contribution in [0.2, 0.25) is 0 Å². The van der Waals surface area contributed by atoms with Gasteiger partial charge >= 0.3 is 0 Å². The molecule has 2 aromatic rings. The maximum Gasteiger partial charge on any atom is 0.132 e. The topological polar surface area (TPSA) is 38.1 Å². The van der Waals surface area contributed by atoms with Gasteiger partial charge in [0.2, 0.25) is 0 Å². The zero-order chi connectivity index (χ0) is 13.3. The number of rotatable bonds is 3. The maximum absolute atomic E-state index is 11.0. The Bertz CT molecular complexity index is 548. The van der Waals surface area contributed by atoms with Gasteiger partial charge in [-0.1, -0.05) is 35.0 Å². The van der Waals surface area contributed by atoms with Crippen LogP contribution in [0.1, 0.15) is 24.6 Å². The van der Waals surface area contributed by atoms with Crippen LogP contribution in [-0.4, -0.2) is 14.9 Å². The molecule has 1 atom stereocenters. The molecule has 0 amide bonds. The number of benzene rings is 1. The van der Waals surface area contributed by atoms with Crippen LogP contribution in [0.25, 0.3) is 0 Å². The number of hydrogen-bond donors (Lipinski definition) is 1. The van der Waals surface area contributed by atoms with Gasteiger partial charge in [-0.2, -0.15) is 5.10 Å². The molecule has 0 bridgehead atoms. The Hall–Kier alpha value is -0.650. The van der Waals surface area contributed by atoms with Gasteiger partial charge in [-0.25, -0.2) is 0 Å². The van der Waals surface area contributed by atoms with Gasteiger partial charge in [-0.05, 0) is 40.0 Å². The van der Waals surface area contributed by atoms with Crippen LogP contribution >= 0.6 is 31.9 Å². The van der Waals surface area contributed by atoms with E-state index in [9.17, 15) is 5.11 Å². The Morgan fingerprint density at radius 1 is 1.39 bits per heavy atom. The Morgan fingerprint density at radius 3 is 2.61 bits per heavy atom. The zero-order valence-corrected chi connectivity index (χ0v) is 13.4. The normalized spacial score (nSPS) is 14.5. The van der Waals surface area contributed by atoms with E-state index in [1.54, 1.807) is 10.9 Å². The summed E-state index contributed by atoms with van der Waals surface area (Å²) in [5.41, 5.74) is 0.570. The van der Waals surface area contributed by atoms with Crippen LogP contribution in [0.5, 0.6) is 0 Å². The van der Waals surface area contributed by atoms with Crippen molar-refractivity contribution in [2.75, 3.05) is 0 Å². The van der Waals surface area contributed by atoms with E-state index in [1.807, 2.05) is 38.2 Å². The monoisotopic (exact) mass is 372 g/mol. The van der Waals surface area contributed by atoms with E-state index in [0.29, 0.717) is 6.42 Å². The fourth-order valence-electron chi connectivity index (χ4n) is 2.13. The lowest BCUT2D eigenvalue weighted by Crippen LogP contribution is -2.29. The van der Waals surface area contributed by atoms with Gasteiger partial charge in [0.25, 0.3) is 0 Å². The molecule has 0 saturated heterocycles. The molecule has 1 aromatic heterocycles. The van der Waals surface area contributed by atoms with Crippen molar-refractivity contribution in [2.24, 2.45) is 7.05 Å². The third-order valence-electron chi connectivity index (χ3n) is 3.10. The second-order valence-corrected chi connectivity index (χ2v) is 5.96. The molecule has 0 aliphatic carbocycles. The summed E-state index contributed by atoms with van der Waals surface area (Å²) in [4.78, 5) is 0. The molecule has 1 heterocycles. The average molecular weight is 374 g/mol. The number of halogens is 2. The van der Waals surface area contributed by atoms with Crippen molar-refractivity contribution in [3.63, 3.8) is 0 Å². The summed E-state index contributed by atoms with van der Waals surface area (Å²) >= 11 is 6.89. The molecule has 3 nitrogen and oxygen atoms in total. The lowest BCUT2D eigenvalue weighted by molar-refractivity contribution is 0.0669. The molecule has 0 aliphatic rings. The molecule has 1 unspecified atom stereocenters. The SMILES string of the molecule is CCC(O)(c1cccc(Br)c1)c1c(Br)cnn1C. The first kappa shape index (κ1) is 13.8. The Morgan fingerprint density at radius 2 is 2.11 bits per heavy atom. The third kappa shape index (κ3) is 2.27. The molecular weight excluding hydrogens is 360 g/mol. The van der Waals surface area contributed by atoms with E-state index in [-0.39, 0.29) is 0 Å². The largest absolute Gasteiger partial charge is 0.379 e. The van der Waals surface area contributed by atoms with Crippen molar-refractivity contribution < 1.29 is 5.11 Å². The van der Waals surface area contributed by atoms with Crippen LogP contribution in [0.3, 0.4) is 0 Å². The van der Waals surface area contributed by atoms with E-state index in [0.717, 1.165) is 20.2 Å². The smallest absolute Gasteiger partial charge is 0.132 e. The lowest BCUT2D eigenvalue weighted by atomic mass is 9.88. The van der Waals surface area contributed by atoms with Crippen molar-refractivity contribution in [2.45, 2.75) is 18.9 Å². The molecule has 96 valence electrons. The minimum absolute atomic E-state index is 0.571. The van der Waals surface area contributed by atoms with E-state index < -0.39 is 5.60 Å². The van der Waals surface area contributed by atoms with Crippen LogP contribution in [0, 0.1) is 0 Å². The predicted molar refractivity (Wildman–Crippen MR) is 78.3 cm³/mol. The molecule has 0 fully saturated rings. The zero-order valence-electron chi connectivity index (χ0n) is 10.2. The van der Waals surface area contributed by atoms with Gasteiger partial charge in [0.15, 0.2) is 0 Å². The van der Waals surface area contributed by atoms with Crippen molar-refractivity contribution in [1.82, 2.24) is 9.78 Å². The van der Waals surface area contributed by atoms with Gasteiger partial charge in [0, 0.05) is 11.5 Å². The molecule has 0 aliphatic heterocycles. The first-order chi connectivity index (χ1) is 8.49. The van der Waals surface area contributed by atoms with Crippen molar-refractivity contribution in [1.29, 1.82) is 0 Å². The highest BCUT2D eigenvalue weighted by Crippen LogP contribution is 2.37. The van der Waals surface area contributed by atoms with Gasteiger partial charge in [0.05, 0.1) is 16.4 Å². The average Bonchev–Trinajstić information content (AvgIpc) is 2.69. The summed E-state index contributed by atoms with van der Waals surface area (Å²) in [7, 11) is 1.83. The molecule has 18 heavy (non-hydrogen) atoms. The Kier molecular flexibility index (Phi) is 3.94. The summed E-state index contributed by atoms with van der Waals surface area (Å²) in [5.74, 6) is 0. The number of aromatic nitrogens is 2. The summed E-state index contributed by atoms with van der Waals surface area (Å²) < 4.78 is 3.47. The third-order valence-corrected chi connectivity index (χ3v) is 4.17. The summed E-state index contributed by atoms with van der Waals surface area (Å²) in [6.45, 7) is 1.96. The molecule has 0 saturated carbocycles. The van der Waals surface area contributed by atoms with E-state index >= 15 is 0 Å². The van der Waals surface area contributed by atoms with Crippen molar-refractivity contribution in [3.8, 4) is 0 Å². The predicted octanol–water partition coefficient (Wildman–Crippen LogP) is 3.59. The second-order valence-electron chi connectivity index (χ2n) is 4.19. The number of nitrogens with zero attached hydrogens (tertiary/aromatic N) is 2. The van der Waals surface area contributed by atoms with E-state index in [2.05, 4.69) is 37.0 Å². The van der Waals surface area contributed by atoms with Crippen molar-refractivity contribution in [3.05, 3.63) is 50.7 Å². The molecule has 5 heteroatoms. The quantitative estimate of drug-likeness (QED) is 0.892. The molecule has 1 N–H and O–H groups in total. The molecular formula is C13H14Br2N2O. The van der Waals surface area contributed by atoms with Crippen LogP contribution in [0.4, 0.5) is 0 Å². The fraction of sp³-hybridized carbons (Fsp3) is 0.308. The summed E-state index contributed by atoms with van der Waals surface area (Å²) in [5, 5.41) is 15.2. The van der Waals surface area contributed by atoms with Gasteiger partial charge in [-0.3, -0.25) is 4.68 Å². The maximum atomic E-state index is 11.0. The Labute approximate surface area is 123 Å². The van der Waals surface area contributed by atoms with E-state index in [4.69, 9.17) is 0 Å². The highest BCUT2D eigenvalue weighted by molar-refractivity contribution is 9.10. The standard InChI is InChI=1S/C13H14Br2N2O/c1-3-13(18,9-5-4-6-10(14)7-9)12-11(15)8-16-17(12)2/h4-8,18H,3H2,1-2H3. The second kappa shape index (κ2) is 5.15. The first-order valence-electron chi connectivity index (χ1n) is 5.65. The summed E-state index contributed by atoms with van der Waals surface area (Å²) in [6, 6.07) is 7.72. The molecule has 2 rings (SSSR count). The van der Waals surface area contributed by atoms with Crippen LogP contribution in [0.15, 0.2) is 39.4 Å². The summed E-state index contributed by atoms with van der Waals surface area (Å²) in [6.07, 6.45) is 2.27.